The second-order valence-electron chi connectivity index (χ2n) is 2.73. The quantitative estimate of drug-likeness (QED) is 0.761. The molecule has 3 heteroatoms. The topological polar surface area (TPSA) is 36.9 Å². The standard InChI is InChI=1S/C10H6BrNO/c11-8-2-1-7-5-9(3-4-12)13-10(7)6-8/h1-2,5-6H,3H2. The average Bonchev–Trinajstić information content (AvgIpc) is 2.46. The largest absolute Gasteiger partial charge is 0.460 e. The molecule has 0 atom stereocenters. The zero-order chi connectivity index (χ0) is 9.26. The second kappa shape index (κ2) is 3.23. The van der Waals surface area contributed by atoms with Gasteiger partial charge in [0.15, 0.2) is 0 Å². The minimum Gasteiger partial charge on any atom is -0.460 e. The average molecular weight is 236 g/mol. The van der Waals surface area contributed by atoms with Crippen LogP contribution in [-0.2, 0) is 6.42 Å². The Morgan fingerprint density at radius 3 is 3.00 bits per heavy atom. The fourth-order valence-corrected chi connectivity index (χ4v) is 1.57. The molecule has 2 nitrogen and oxygen atoms in total. The minimum atomic E-state index is 0.326. The Morgan fingerprint density at radius 2 is 2.23 bits per heavy atom. The highest BCUT2D eigenvalue weighted by molar-refractivity contribution is 9.10. The lowest BCUT2D eigenvalue weighted by Gasteiger charge is -1.88. The molecule has 0 N–H and O–H groups in total. The van der Waals surface area contributed by atoms with E-state index in [9.17, 15) is 0 Å². The summed E-state index contributed by atoms with van der Waals surface area (Å²) in [4.78, 5) is 0. The van der Waals surface area contributed by atoms with Crippen molar-refractivity contribution in [1.29, 1.82) is 5.26 Å². The van der Waals surface area contributed by atoms with E-state index in [-0.39, 0.29) is 0 Å². The van der Waals surface area contributed by atoms with E-state index in [4.69, 9.17) is 9.68 Å². The first-order valence-electron chi connectivity index (χ1n) is 3.84. The van der Waals surface area contributed by atoms with E-state index in [2.05, 4.69) is 22.0 Å². The van der Waals surface area contributed by atoms with Crippen molar-refractivity contribution in [3.8, 4) is 6.07 Å². The molecule has 0 saturated heterocycles. The van der Waals surface area contributed by atoms with Gasteiger partial charge in [0.25, 0.3) is 0 Å². The van der Waals surface area contributed by atoms with Gasteiger partial charge in [-0.1, -0.05) is 15.9 Å². The summed E-state index contributed by atoms with van der Waals surface area (Å²) in [5.41, 5.74) is 0.819. The predicted molar refractivity (Wildman–Crippen MR) is 53.2 cm³/mol. The van der Waals surface area contributed by atoms with E-state index in [1.54, 1.807) is 0 Å². The number of hydrogen-bond acceptors (Lipinski definition) is 2. The Hall–Kier alpha value is -1.27. The lowest BCUT2D eigenvalue weighted by molar-refractivity contribution is 0.567. The van der Waals surface area contributed by atoms with E-state index in [1.807, 2.05) is 24.3 Å². The number of hydrogen-bond donors (Lipinski definition) is 0. The van der Waals surface area contributed by atoms with E-state index >= 15 is 0 Å². The summed E-state index contributed by atoms with van der Waals surface area (Å²) in [6.45, 7) is 0. The number of rotatable bonds is 1. The Morgan fingerprint density at radius 1 is 1.38 bits per heavy atom. The van der Waals surface area contributed by atoms with E-state index in [0.717, 1.165) is 21.2 Å². The first kappa shape index (κ1) is 8.33. The summed E-state index contributed by atoms with van der Waals surface area (Å²) in [7, 11) is 0. The number of nitriles is 1. The third-order valence-corrected chi connectivity index (χ3v) is 2.28. The maximum absolute atomic E-state index is 8.48. The summed E-state index contributed by atoms with van der Waals surface area (Å²) in [6, 6.07) is 9.76. The molecule has 0 amide bonds. The lowest BCUT2D eigenvalue weighted by Crippen LogP contribution is -1.71. The van der Waals surface area contributed by atoms with Crippen molar-refractivity contribution in [2.24, 2.45) is 0 Å². The van der Waals surface area contributed by atoms with Gasteiger partial charge in [0.1, 0.15) is 11.3 Å². The molecule has 0 radical (unpaired) electrons. The third-order valence-electron chi connectivity index (χ3n) is 1.79. The van der Waals surface area contributed by atoms with Gasteiger partial charge in [0.05, 0.1) is 12.5 Å². The van der Waals surface area contributed by atoms with Gasteiger partial charge >= 0.3 is 0 Å². The number of fused-ring (bicyclic) bond motifs is 1. The number of halogens is 1. The lowest BCUT2D eigenvalue weighted by atomic mass is 10.2. The Bertz CT molecular complexity index is 481. The van der Waals surface area contributed by atoms with Crippen LogP contribution in [0.3, 0.4) is 0 Å². The predicted octanol–water partition coefficient (Wildman–Crippen LogP) is 3.26. The highest BCUT2D eigenvalue weighted by Gasteiger charge is 2.02. The molecule has 13 heavy (non-hydrogen) atoms. The van der Waals surface area contributed by atoms with Crippen LogP contribution in [0.25, 0.3) is 11.0 Å². The van der Waals surface area contributed by atoms with Crippen LogP contribution in [0.1, 0.15) is 5.76 Å². The summed E-state index contributed by atoms with van der Waals surface area (Å²) < 4.78 is 6.42. The molecule has 0 spiro atoms. The molecule has 0 aliphatic carbocycles. The van der Waals surface area contributed by atoms with Gasteiger partial charge in [-0.25, -0.2) is 0 Å². The van der Waals surface area contributed by atoms with Crippen molar-refractivity contribution < 1.29 is 4.42 Å². The number of nitrogens with zero attached hydrogens (tertiary/aromatic N) is 1. The molecule has 64 valence electrons. The van der Waals surface area contributed by atoms with Gasteiger partial charge in [-0.05, 0) is 24.3 Å². The number of furan rings is 1. The number of benzene rings is 1. The van der Waals surface area contributed by atoms with Crippen LogP contribution in [0, 0.1) is 11.3 Å². The zero-order valence-electron chi connectivity index (χ0n) is 6.75. The Kier molecular flexibility index (Phi) is 2.07. The maximum atomic E-state index is 8.48. The third kappa shape index (κ3) is 1.58. The molecule has 0 unspecified atom stereocenters. The fourth-order valence-electron chi connectivity index (χ4n) is 1.23. The molecular formula is C10H6BrNO. The Labute approximate surface area is 83.9 Å². The summed E-state index contributed by atoms with van der Waals surface area (Å²) in [5, 5.41) is 9.52. The van der Waals surface area contributed by atoms with E-state index < -0.39 is 0 Å². The van der Waals surface area contributed by atoms with Crippen molar-refractivity contribution in [3.05, 3.63) is 34.5 Å². The van der Waals surface area contributed by atoms with Crippen LogP contribution in [0.5, 0.6) is 0 Å². The highest BCUT2D eigenvalue weighted by Crippen LogP contribution is 2.23. The molecule has 2 aromatic rings. The van der Waals surface area contributed by atoms with E-state index in [0.29, 0.717) is 6.42 Å². The highest BCUT2D eigenvalue weighted by atomic mass is 79.9. The monoisotopic (exact) mass is 235 g/mol. The molecule has 1 aromatic heterocycles. The van der Waals surface area contributed by atoms with Gasteiger partial charge in [-0.2, -0.15) is 5.26 Å². The van der Waals surface area contributed by atoms with Crippen molar-refractivity contribution in [2.45, 2.75) is 6.42 Å². The van der Waals surface area contributed by atoms with Crippen LogP contribution < -0.4 is 0 Å². The van der Waals surface area contributed by atoms with Gasteiger partial charge in [0.2, 0.25) is 0 Å². The molecular weight excluding hydrogens is 230 g/mol. The summed E-state index contributed by atoms with van der Waals surface area (Å²) >= 11 is 3.36. The molecule has 0 fully saturated rings. The molecule has 2 rings (SSSR count). The molecule has 0 saturated carbocycles. The van der Waals surface area contributed by atoms with Crippen molar-refractivity contribution in [2.75, 3.05) is 0 Å². The first-order chi connectivity index (χ1) is 6.29. The normalized spacial score (nSPS) is 10.2. The van der Waals surface area contributed by atoms with Gasteiger partial charge < -0.3 is 4.42 Å². The summed E-state index contributed by atoms with van der Waals surface area (Å²) in [6.07, 6.45) is 0.326. The van der Waals surface area contributed by atoms with Crippen molar-refractivity contribution in [1.82, 2.24) is 0 Å². The minimum absolute atomic E-state index is 0.326. The summed E-state index contributed by atoms with van der Waals surface area (Å²) in [5.74, 6) is 0.718. The molecule has 0 aliphatic rings. The van der Waals surface area contributed by atoms with Crippen LogP contribution in [0.2, 0.25) is 0 Å². The zero-order valence-corrected chi connectivity index (χ0v) is 8.34. The van der Waals surface area contributed by atoms with Crippen LogP contribution in [-0.4, -0.2) is 0 Å². The maximum Gasteiger partial charge on any atom is 0.135 e. The Balaban J connectivity index is 2.57. The molecule has 1 heterocycles. The molecule has 0 bridgehead atoms. The molecule has 0 aliphatic heterocycles. The van der Waals surface area contributed by atoms with Crippen molar-refractivity contribution in [3.63, 3.8) is 0 Å². The van der Waals surface area contributed by atoms with Crippen LogP contribution >= 0.6 is 15.9 Å². The first-order valence-corrected chi connectivity index (χ1v) is 4.64. The fraction of sp³-hybridized carbons (Fsp3) is 0.100. The second-order valence-corrected chi connectivity index (χ2v) is 3.65. The van der Waals surface area contributed by atoms with Crippen LogP contribution in [0.15, 0.2) is 33.2 Å². The SMILES string of the molecule is N#CCc1cc2ccc(Br)cc2o1. The van der Waals surface area contributed by atoms with E-state index in [1.165, 1.54) is 0 Å². The van der Waals surface area contributed by atoms with Gasteiger partial charge in [-0.15, -0.1) is 0 Å². The van der Waals surface area contributed by atoms with Crippen LogP contribution in [0.4, 0.5) is 0 Å². The molecule has 1 aromatic carbocycles. The van der Waals surface area contributed by atoms with Crippen molar-refractivity contribution >= 4 is 26.9 Å². The van der Waals surface area contributed by atoms with Gasteiger partial charge in [0, 0.05) is 9.86 Å². The smallest absolute Gasteiger partial charge is 0.135 e. The van der Waals surface area contributed by atoms with Gasteiger partial charge in [-0.3, -0.25) is 0 Å².